The maximum atomic E-state index is 12.7. The highest BCUT2D eigenvalue weighted by Gasteiger charge is 2.16. The van der Waals surface area contributed by atoms with Gasteiger partial charge in [-0.15, -0.1) is 0 Å². The van der Waals surface area contributed by atoms with Gasteiger partial charge in [0.2, 0.25) is 0 Å². The Kier molecular flexibility index (Phi) is 5.38. The van der Waals surface area contributed by atoms with Crippen LogP contribution < -0.4 is 4.72 Å². The maximum absolute atomic E-state index is 12.7. The quantitative estimate of drug-likeness (QED) is 0.627. The monoisotopic (exact) mass is 379 g/mol. The number of para-hydroxylation sites is 1. The van der Waals surface area contributed by atoms with E-state index in [0.29, 0.717) is 11.3 Å². The molecule has 136 valence electrons. The zero-order valence-corrected chi connectivity index (χ0v) is 15.1. The molecule has 3 aromatic rings. The zero-order valence-electron chi connectivity index (χ0n) is 14.2. The molecule has 0 bridgehead atoms. The Hall–Kier alpha value is -3.38. The predicted octanol–water partition coefficient (Wildman–Crippen LogP) is 4.25. The highest BCUT2D eigenvalue weighted by Crippen LogP contribution is 2.29. The minimum absolute atomic E-state index is 0.0952. The number of hydrogen-bond donors (Lipinski definition) is 2. The molecule has 2 N–H and O–H groups in total. The van der Waals surface area contributed by atoms with E-state index in [1.807, 2.05) is 42.5 Å². The standard InChI is InChI=1S/C21H17NO4S/c23-21(24)15-12-16-10-13-18(14-11-16)27(25,26)22-20-9-5-4-8-19(20)17-6-2-1-3-7-17/h1-15,22H,(H,23,24)/b15-12-. The van der Waals surface area contributed by atoms with Gasteiger partial charge in [0.1, 0.15) is 0 Å². The highest BCUT2D eigenvalue weighted by atomic mass is 32.2. The lowest BCUT2D eigenvalue weighted by atomic mass is 10.0. The Balaban J connectivity index is 1.89. The van der Waals surface area contributed by atoms with Gasteiger partial charge in [-0.3, -0.25) is 4.72 Å². The van der Waals surface area contributed by atoms with E-state index in [2.05, 4.69) is 4.72 Å². The van der Waals surface area contributed by atoms with Crippen LogP contribution >= 0.6 is 0 Å². The van der Waals surface area contributed by atoms with Gasteiger partial charge in [-0.1, -0.05) is 60.7 Å². The second-order valence-electron chi connectivity index (χ2n) is 5.76. The van der Waals surface area contributed by atoms with Crippen molar-refractivity contribution in [1.29, 1.82) is 0 Å². The second-order valence-corrected chi connectivity index (χ2v) is 7.44. The number of carboxylic acids is 1. The lowest BCUT2D eigenvalue weighted by Crippen LogP contribution is -2.13. The topological polar surface area (TPSA) is 83.5 Å². The smallest absolute Gasteiger partial charge is 0.328 e. The van der Waals surface area contributed by atoms with Gasteiger partial charge in [0.15, 0.2) is 0 Å². The van der Waals surface area contributed by atoms with Crippen LogP contribution in [-0.2, 0) is 14.8 Å². The summed E-state index contributed by atoms with van der Waals surface area (Å²) in [4.78, 5) is 10.7. The SMILES string of the molecule is O=C(O)/C=C\c1ccc(S(=O)(=O)Nc2ccccc2-c2ccccc2)cc1. The van der Waals surface area contributed by atoms with Crippen LogP contribution in [0.5, 0.6) is 0 Å². The van der Waals surface area contributed by atoms with Gasteiger partial charge in [-0.2, -0.15) is 0 Å². The maximum Gasteiger partial charge on any atom is 0.328 e. The third-order valence-corrected chi connectivity index (χ3v) is 5.25. The first kappa shape index (κ1) is 18.4. The van der Waals surface area contributed by atoms with E-state index in [9.17, 15) is 13.2 Å². The second kappa shape index (κ2) is 7.88. The van der Waals surface area contributed by atoms with Crippen molar-refractivity contribution in [3.05, 3.63) is 90.5 Å². The van der Waals surface area contributed by atoms with E-state index < -0.39 is 16.0 Å². The van der Waals surface area contributed by atoms with Crippen LogP contribution in [0.3, 0.4) is 0 Å². The van der Waals surface area contributed by atoms with Crippen molar-refractivity contribution in [3.63, 3.8) is 0 Å². The van der Waals surface area contributed by atoms with E-state index in [1.54, 1.807) is 24.3 Å². The highest BCUT2D eigenvalue weighted by molar-refractivity contribution is 7.92. The van der Waals surface area contributed by atoms with Gasteiger partial charge in [0.05, 0.1) is 10.6 Å². The summed E-state index contributed by atoms with van der Waals surface area (Å²) in [6, 6.07) is 22.7. The molecule has 3 aromatic carbocycles. The van der Waals surface area contributed by atoms with Crippen LogP contribution in [0, 0.1) is 0 Å². The van der Waals surface area contributed by atoms with Gasteiger partial charge in [0.25, 0.3) is 10.0 Å². The van der Waals surface area contributed by atoms with Gasteiger partial charge in [-0.05, 0) is 35.4 Å². The van der Waals surface area contributed by atoms with Crippen molar-refractivity contribution in [3.8, 4) is 11.1 Å². The molecule has 0 amide bonds. The van der Waals surface area contributed by atoms with Crippen molar-refractivity contribution in [2.75, 3.05) is 4.72 Å². The fourth-order valence-electron chi connectivity index (χ4n) is 2.57. The average molecular weight is 379 g/mol. The summed E-state index contributed by atoms with van der Waals surface area (Å²) < 4.78 is 28.1. The van der Waals surface area contributed by atoms with Crippen LogP contribution in [0.1, 0.15) is 5.56 Å². The van der Waals surface area contributed by atoms with Crippen molar-refractivity contribution < 1.29 is 18.3 Å². The first-order chi connectivity index (χ1) is 13.0. The fraction of sp³-hybridized carbons (Fsp3) is 0. The molecule has 0 atom stereocenters. The molecule has 27 heavy (non-hydrogen) atoms. The summed E-state index contributed by atoms with van der Waals surface area (Å²) in [5, 5.41) is 8.65. The average Bonchev–Trinajstić information content (AvgIpc) is 2.67. The van der Waals surface area contributed by atoms with Crippen LogP contribution in [0.15, 0.2) is 89.8 Å². The van der Waals surface area contributed by atoms with Crippen LogP contribution in [0.4, 0.5) is 5.69 Å². The summed E-state index contributed by atoms with van der Waals surface area (Å²) in [6.07, 6.45) is 2.40. The molecule has 0 aliphatic heterocycles. The number of nitrogens with one attached hydrogen (secondary N) is 1. The van der Waals surface area contributed by atoms with Crippen LogP contribution in [-0.4, -0.2) is 19.5 Å². The molecular formula is C21H17NO4S. The molecule has 0 fully saturated rings. The summed E-state index contributed by atoms with van der Waals surface area (Å²) in [5.74, 6) is -1.06. The summed E-state index contributed by atoms with van der Waals surface area (Å²) in [5.41, 5.74) is 2.77. The Morgan fingerprint density at radius 2 is 1.48 bits per heavy atom. The number of rotatable bonds is 6. The van der Waals surface area contributed by atoms with Gasteiger partial charge in [-0.25, -0.2) is 13.2 Å². The minimum Gasteiger partial charge on any atom is -0.478 e. The Labute approximate surface area is 157 Å². The van der Waals surface area contributed by atoms with E-state index in [1.165, 1.54) is 18.2 Å². The molecule has 0 aliphatic carbocycles. The molecular weight excluding hydrogens is 362 g/mol. The molecule has 0 saturated heterocycles. The fourth-order valence-corrected chi connectivity index (χ4v) is 3.65. The molecule has 0 heterocycles. The van der Waals surface area contributed by atoms with Gasteiger partial charge in [0, 0.05) is 11.6 Å². The van der Waals surface area contributed by atoms with Crippen molar-refractivity contribution in [2.24, 2.45) is 0 Å². The predicted molar refractivity (Wildman–Crippen MR) is 106 cm³/mol. The molecule has 0 unspecified atom stereocenters. The number of carboxylic acid groups (broad SMARTS) is 1. The Bertz CT molecular complexity index is 1070. The summed E-state index contributed by atoms with van der Waals surface area (Å²) in [7, 11) is -3.78. The number of sulfonamides is 1. The van der Waals surface area contributed by atoms with E-state index >= 15 is 0 Å². The van der Waals surface area contributed by atoms with Crippen LogP contribution in [0.2, 0.25) is 0 Å². The van der Waals surface area contributed by atoms with Crippen LogP contribution in [0.25, 0.3) is 17.2 Å². The van der Waals surface area contributed by atoms with E-state index in [0.717, 1.165) is 17.2 Å². The number of benzene rings is 3. The van der Waals surface area contributed by atoms with E-state index in [-0.39, 0.29) is 4.90 Å². The third kappa shape index (κ3) is 4.62. The van der Waals surface area contributed by atoms with Crippen molar-refractivity contribution in [1.82, 2.24) is 0 Å². The molecule has 0 spiro atoms. The summed E-state index contributed by atoms with van der Waals surface area (Å²) >= 11 is 0. The number of hydrogen-bond acceptors (Lipinski definition) is 3. The zero-order chi connectivity index (χ0) is 19.3. The number of aliphatic carboxylic acids is 1. The molecule has 0 radical (unpaired) electrons. The first-order valence-corrected chi connectivity index (χ1v) is 9.62. The Morgan fingerprint density at radius 1 is 0.852 bits per heavy atom. The number of anilines is 1. The molecule has 5 nitrogen and oxygen atoms in total. The van der Waals surface area contributed by atoms with Crippen molar-refractivity contribution >= 4 is 27.8 Å². The molecule has 0 saturated carbocycles. The first-order valence-electron chi connectivity index (χ1n) is 8.14. The largest absolute Gasteiger partial charge is 0.478 e. The Morgan fingerprint density at radius 3 is 2.15 bits per heavy atom. The molecule has 0 aliphatic rings. The third-order valence-electron chi connectivity index (χ3n) is 3.86. The molecule has 0 aromatic heterocycles. The minimum atomic E-state index is -3.78. The lowest BCUT2D eigenvalue weighted by molar-refractivity contribution is -0.131. The molecule has 6 heteroatoms. The summed E-state index contributed by atoms with van der Waals surface area (Å²) in [6.45, 7) is 0. The van der Waals surface area contributed by atoms with Crippen molar-refractivity contribution in [2.45, 2.75) is 4.90 Å². The lowest BCUT2D eigenvalue weighted by Gasteiger charge is -2.13. The van der Waals surface area contributed by atoms with E-state index in [4.69, 9.17) is 5.11 Å². The normalized spacial score (nSPS) is 11.4. The van der Waals surface area contributed by atoms with Gasteiger partial charge < -0.3 is 5.11 Å². The van der Waals surface area contributed by atoms with Gasteiger partial charge >= 0.3 is 5.97 Å². The number of carbonyl (C=O) groups is 1. The molecule has 3 rings (SSSR count).